The molecule has 3 nitrogen and oxygen atoms in total. The Morgan fingerprint density at radius 1 is 0.571 bits per heavy atom. The molecule has 0 spiro atoms. The number of Topliss-reactive ketones (excluding diaryl/α,β-unsaturated/α-hetero) is 2. The van der Waals surface area contributed by atoms with E-state index in [0.29, 0.717) is 41.9 Å². The molecular formula is C31H25ClO3. The van der Waals surface area contributed by atoms with E-state index in [9.17, 15) is 9.59 Å². The van der Waals surface area contributed by atoms with E-state index in [1.54, 1.807) is 0 Å². The van der Waals surface area contributed by atoms with Crippen molar-refractivity contribution in [1.29, 1.82) is 0 Å². The molecule has 0 aromatic heterocycles. The predicted molar refractivity (Wildman–Crippen MR) is 136 cm³/mol. The van der Waals surface area contributed by atoms with Gasteiger partial charge in [-0.25, -0.2) is 0 Å². The summed E-state index contributed by atoms with van der Waals surface area (Å²) in [5.41, 5.74) is 4.48. The zero-order valence-corrected chi connectivity index (χ0v) is 20.0. The van der Waals surface area contributed by atoms with Crippen molar-refractivity contribution >= 4 is 23.2 Å². The second-order valence-corrected chi connectivity index (χ2v) is 10.1. The fourth-order valence-corrected chi connectivity index (χ4v) is 5.96. The molecule has 3 aromatic carbocycles. The Morgan fingerprint density at radius 3 is 1.49 bits per heavy atom. The minimum atomic E-state index is -0.403. The van der Waals surface area contributed by atoms with Crippen molar-refractivity contribution in [1.82, 2.24) is 0 Å². The van der Waals surface area contributed by atoms with Crippen LogP contribution in [-0.4, -0.2) is 11.6 Å². The molecule has 3 aliphatic rings. The molecule has 0 saturated heterocycles. The molecule has 0 fully saturated rings. The van der Waals surface area contributed by atoms with Crippen molar-refractivity contribution in [3.8, 4) is 0 Å². The largest absolute Gasteiger partial charge is 0.465 e. The van der Waals surface area contributed by atoms with Crippen LogP contribution >= 0.6 is 11.6 Å². The van der Waals surface area contributed by atoms with Crippen LogP contribution in [0.15, 0.2) is 108 Å². The quantitative estimate of drug-likeness (QED) is 0.396. The average Bonchev–Trinajstić information content (AvgIpc) is 2.89. The van der Waals surface area contributed by atoms with Crippen LogP contribution in [0, 0.1) is 0 Å². The van der Waals surface area contributed by atoms with Gasteiger partial charge in [-0.15, -0.1) is 0 Å². The number of ether oxygens (including phenoxy) is 1. The third-order valence-electron chi connectivity index (χ3n) is 7.50. The topological polar surface area (TPSA) is 43.4 Å². The van der Waals surface area contributed by atoms with E-state index in [2.05, 4.69) is 24.3 Å². The first kappa shape index (κ1) is 22.1. The molecule has 2 atom stereocenters. The molecule has 6 rings (SSSR count). The van der Waals surface area contributed by atoms with Crippen LogP contribution in [0.1, 0.15) is 60.1 Å². The second-order valence-electron chi connectivity index (χ2n) is 9.64. The fourth-order valence-electron chi connectivity index (χ4n) is 5.83. The zero-order valence-electron chi connectivity index (χ0n) is 19.2. The number of rotatable bonds is 3. The molecule has 2 unspecified atom stereocenters. The fraction of sp³-hybridized carbons (Fsp3) is 0.226. The maximum Gasteiger partial charge on any atom is 0.163 e. The van der Waals surface area contributed by atoms with Crippen LogP contribution in [0.4, 0.5) is 0 Å². The van der Waals surface area contributed by atoms with Gasteiger partial charge in [0.05, 0.1) is 0 Å². The molecule has 2 aliphatic carbocycles. The lowest BCUT2D eigenvalue weighted by Gasteiger charge is -2.39. The van der Waals surface area contributed by atoms with Gasteiger partial charge in [0.1, 0.15) is 11.5 Å². The molecule has 0 N–H and O–H groups in total. The average molecular weight is 481 g/mol. The van der Waals surface area contributed by atoms with Gasteiger partial charge in [0, 0.05) is 47.8 Å². The Morgan fingerprint density at radius 2 is 1.03 bits per heavy atom. The van der Waals surface area contributed by atoms with Gasteiger partial charge >= 0.3 is 0 Å². The van der Waals surface area contributed by atoms with E-state index >= 15 is 0 Å². The number of hydrogen-bond donors (Lipinski definition) is 0. The molecule has 1 heterocycles. The van der Waals surface area contributed by atoms with Crippen molar-refractivity contribution in [3.63, 3.8) is 0 Å². The smallest absolute Gasteiger partial charge is 0.163 e. The summed E-state index contributed by atoms with van der Waals surface area (Å²) in [4.78, 5) is 27.3. The molecular weight excluding hydrogens is 456 g/mol. The minimum Gasteiger partial charge on any atom is -0.465 e. The lowest BCUT2D eigenvalue weighted by molar-refractivity contribution is -0.118. The maximum atomic E-state index is 13.6. The van der Waals surface area contributed by atoms with Crippen molar-refractivity contribution in [2.24, 2.45) is 0 Å². The standard InChI is InChI=1S/C31H25ClO3/c32-24-13-11-21(12-14-24)29-30-25(33)15-22(19-7-3-1-4-8-19)17-27(30)35-28-18-23(16-26(34)31(28)29)20-9-5-2-6-10-20/h1-14,22-23,29H,15-18H2. The van der Waals surface area contributed by atoms with Gasteiger partial charge in [-0.2, -0.15) is 0 Å². The lowest BCUT2D eigenvalue weighted by Crippen LogP contribution is -2.33. The van der Waals surface area contributed by atoms with E-state index in [-0.39, 0.29) is 23.4 Å². The monoisotopic (exact) mass is 480 g/mol. The van der Waals surface area contributed by atoms with E-state index in [1.165, 1.54) is 0 Å². The Labute approximate surface area is 210 Å². The molecule has 0 radical (unpaired) electrons. The van der Waals surface area contributed by atoms with Crippen LogP contribution in [0.25, 0.3) is 0 Å². The first-order valence-corrected chi connectivity index (χ1v) is 12.5. The molecule has 3 aromatic rings. The minimum absolute atomic E-state index is 0.0598. The summed E-state index contributed by atoms with van der Waals surface area (Å²) in [6.07, 6.45) is 2.13. The van der Waals surface area contributed by atoms with Crippen LogP contribution in [0.5, 0.6) is 0 Å². The predicted octanol–water partition coefficient (Wildman–Crippen LogP) is 7.26. The Balaban J connectivity index is 1.44. The van der Waals surface area contributed by atoms with Gasteiger partial charge in [-0.1, -0.05) is 84.4 Å². The highest BCUT2D eigenvalue weighted by molar-refractivity contribution is 6.30. The molecule has 0 amide bonds. The number of carbonyl (C=O) groups excluding carboxylic acids is 2. The van der Waals surface area contributed by atoms with E-state index < -0.39 is 5.92 Å². The van der Waals surface area contributed by atoms with Crippen molar-refractivity contribution in [3.05, 3.63) is 129 Å². The highest BCUT2D eigenvalue weighted by Crippen LogP contribution is 2.51. The molecule has 0 saturated carbocycles. The second kappa shape index (κ2) is 8.98. The summed E-state index contributed by atoms with van der Waals surface area (Å²) in [7, 11) is 0. The lowest BCUT2D eigenvalue weighted by atomic mass is 9.69. The number of ketones is 2. The number of benzene rings is 3. The number of halogens is 1. The first-order chi connectivity index (χ1) is 17.1. The van der Waals surface area contributed by atoms with Crippen LogP contribution in [0.3, 0.4) is 0 Å². The number of carbonyl (C=O) groups is 2. The molecule has 35 heavy (non-hydrogen) atoms. The Bertz CT molecular complexity index is 1270. The Kier molecular flexibility index (Phi) is 5.66. The summed E-state index contributed by atoms with van der Waals surface area (Å²) in [6.45, 7) is 0. The molecule has 1 aliphatic heterocycles. The van der Waals surface area contributed by atoms with Crippen LogP contribution in [-0.2, 0) is 14.3 Å². The summed E-state index contributed by atoms with van der Waals surface area (Å²) in [6, 6.07) is 27.8. The summed E-state index contributed by atoms with van der Waals surface area (Å²) >= 11 is 6.17. The summed E-state index contributed by atoms with van der Waals surface area (Å²) in [5.74, 6) is 1.29. The van der Waals surface area contributed by atoms with Gasteiger partial charge in [-0.3, -0.25) is 9.59 Å². The number of hydrogen-bond acceptors (Lipinski definition) is 3. The third-order valence-corrected chi connectivity index (χ3v) is 7.75. The third kappa shape index (κ3) is 4.04. The van der Waals surface area contributed by atoms with Crippen LogP contribution in [0.2, 0.25) is 5.02 Å². The molecule has 174 valence electrons. The van der Waals surface area contributed by atoms with E-state index in [0.717, 1.165) is 28.2 Å². The normalized spacial score (nSPS) is 24.1. The summed E-state index contributed by atoms with van der Waals surface area (Å²) in [5, 5.41) is 0.627. The van der Waals surface area contributed by atoms with Gasteiger partial charge < -0.3 is 4.74 Å². The van der Waals surface area contributed by atoms with Crippen molar-refractivity contribution in [2.45, 2.75) is 43.4 Å². The number of allylic oxidation sites excluding steroid dienone is 4. The first-order valence-electron chi connectivity index (χ1n) is 12.1. The van der Waals surface area contributed by atoms with Gasteiger partial charge in [-0.05, 0) is 40.7 Å². The maximum absolute atomic E-state index is 13.6. The van der Waals surface area contributed by atoms with Crippen molar-refractivity contribution in [2.75, 3.05) is 0 Å². The van der Waals surface area contributed by atoms with E-state index in [4.69, 9.17) is 16.3 Å². The van der Waals surface area contributed by atoms with Gasteiger partial charge in [0.15, 0.2) is 11.6 Å². The molecule has 0 bridgehead atoms. The highest BCUT2D eigenvalue weighted by atomic mass is 35.5. The van der Waals surface area contributed by atoms with Gasteiger partial charge in [0.2, 0.25) is 0 Å². The van der Waals surface area contributed by atoms with Crippen molar-refractivity contribution < 1.29 is 14.3 Å². The SMILES string of the molecule is O=C1CC(c2ccccc2)CC2=C1C(c1ccc(Cl)cc1)C1=C(CC(c3ccccc3)CC1=O)O2. The van der Waals surface area contributed by atoms with Gasteiger partial charge in [0.25, 0.3) is 0 Å². The Hall–Kier alpha value is -3.43. The van der Waals surface area contributed by atoms with E-state index in [1.807, 2.05) is 60.7 Å². The highest BCUT2D eigenvalue weighted by Gasteiger charge is 2.45. The zero-order chi connectivity index (χ0) is 23.9. The molecule has 4 heteroatoms. The van der Waals surface area contributed by atoms with Crippen LogP contribution < -0.4 is 0 Å². The summed E-state index contributed by atoms with van der Waals surface area (Å²) < 4.78 is 6.51.